The molecule has 2 aliphatic heterocycles. The fourth-order valence-corrected chi connectivity index (χ4v) is 4.93. The summed E-state index contributed by atoms with van der Waals surface area (Å²) in [7, 11) is 0. The van der Waals surface area contributed by atoms with E-state index in [1.807, 2.05) is 4.57 Å². The maximum absolute atomic E-state index is 15.4. The number of anilines is 1. The van der Waals surface area contributed by atoms with Crippen LogP contribution in [0, 0.1) is 18.7 Å². The van der Waals surface area contributed by atoms with Gasteiger partial charge in [-0.25, -0.2) is 9.18 Å². The molecule has 0 radical (unpaired) electrons. The number of hydrogen-bond acceptors (Lipinski definition) is 4. The number of halogens is 1. The highest BCUT2D eigenvalue weighted by atomic mass is 19.1. The van der Waals surface area contributed by atoms with Crippen molar-refractivity contribution >= 4 is 22.6 Å². The Hall–Kier alpha value is -2.41. The van der Waals surface area contributed by atoms with Crippen LogP contribution in [-0.2, 0) is 0 Å². The lowest BCUT2D eigenvalue weighted by Crippen LogP contribution is -2.40. The van der Waals surface area contributed by atoms with Crippen LogP contribution < -0.4 is 15.6 Å². The minimum atomic E-state index is -1.26. The fraction of sp³-hybridized carbons (Fsp3) is 0.524. The van der Waals surface area contributed by atoms with Gasteiger partial charge in [0.05, 0.1) is 16.6 Å². The fourth-order valence-electron chi connectivity index (χ4n) is 4.93. The molecule has 0 bridgehead atoms. The molecule has 1 aliphatic carbocycles. The Morgan fingerprint density at radius 3 is 2.75 bits per heavy atom. The number of piperidine rings is 1. The first-order chi connectivity index (χ1) is 13.5. The second-order valence-corrected chi connectivity index (χ2v) is 8.41. The molecule has 2 N–H and O–H groups in total. The van der Waals surface area contributed by atoms with Crippen molar-refractivity contribution < 1.29 is 14.3 Å². The Morgan fingerprint density at radius 1 is 1.29 bits per heavy atom. The average molecular weight is 385 g/mol. The lowest BCUT2D eigenvalue weighted by Gasteiger charge is -2.24. The van der Waals surface area contributed by atoms with E-state index in [0.717, 1.165) is 45.3 Å². The van der Waals surface area contributed by atoms with Crippen LogP contribution in [0.4, 0.5) is 10.1 Å². The molecule has 3 fully saturated rings. The second kappa shape index (κ2) is 6.30. The van der Waals surface area contributed by atoms with Crippen molar-refractivity contribution in [2.45, 2.75) is 44.7 Å². The molecule has 2 atom stereocenters. The van der Waals surface area contributed by atoms with Gasteiger partial charge in [0.2, 0.25) is 5.43 Å². The first-order valence-corrected chi connectivity index (χ1v) is 10.0. The van der Waals surface area contributed by atoms with Crippen LogP contribution in [0.15, 0.2) is 17.1 Å². The van der Waals surface area contributed by atoms with Gasteiger partial charge in [0.1, 0.15) is 11.4 Å². The van der Waals surface area contributed by atoms with Gasteiger partial charge in [0.25, 0.3) is 0 Å². The number of pyridine rings is 1. The minimum absolute atomic E-state index is 0.182. The largest absolute Gasteiger partial charge is 0.477 e. The van der Waals surface area contributed by atoms with E-state index in [0.29, 0.717) is 23.2 Å². The zero-order valence-corrected chi connectivity index (χ0v) is 15.9. The number of nitrogens with one attached hydrogen (secondary N) is 1. The van der Waals surface area contributed by atoms with Crippen molar-refractivity contribution in [1.82, 2.24) is 9.88 Å². The quantitative estimate of drug-likeness (QED) is 0.850. The van der Waals surface area contributed by atoms with Gasteiger partial charge in [-0.15, -0.1) is 0 Å². The summed E-state index contributed by atoms with van der Waals surface area (Å²) in [6, 6.07) is 2.33. The van der Waals surface area contributed by atoms with Crippen LogP contribution in [0.1, 0.15) is 47.6 Å². The number of fused-ring (bicyclic) bond motifs is 2. The van der Waals surface area contributed by atoms with Crippen LogP contribution in [-0.4, -0.2) is 41.3 Å². The highest BCUT2D eigenvalue weighted by Gasteiger charge is 2.36. The van der Waals surface area contributed by atoms with E-state index < -0.39 is 17.2 Å². The van der Waals surface area contributed by atoms with Crippen molar-refractivity contribution in [3.63, 3.8) is 0 Å². The lowest BCUT2D eigenvalue weighted by atomic mass is 9.94. The summed E-state index contributed by atoms with van der Waals surface area (Å²) in [6.07, 6.45) is 5.63. The van der Waals surface area contributed by atoms with Crippen LogP contribution >= 0.6 is 0 Å². The smallest absolute Gasteiger partial charge is 0.341 e. The summed E-state index contributed by atoms with van der Waals surface area (Å²) in [4.78, 5) is 26.4. The van der Waals surface area contributed by atoms with Crippen LogP contribution in [0.5, 0.6) is 0 Å². The SMILES string of the molecule is Cc1c(F)c(N2CC3CCCNC3C2)cc2c1c(=O)c(C(=O)O)cn2C1CC1. The highest BCUT2D eigenvalue weighted by Crippen LogP contribution is 2.40. The predicted molar refractivity (Wildman–Crippen MR) is 105 cm³/mol. The van der Waals surface area contributed by atoms with Crippen molar-refractivity contribution in [3.05, 3.63) is 39.4 Å². The molecule has 0 amide bonds. The number of benzene rings is 1. The maximum atomic E-state index is 15.4. The van der Waals surface area contributed by atoms with Gasteiger partial charge in [0, 0.05) is 36.9 Å². The summed E-state index contributed by atoms with van der Waals surface area (Å²) in [5, 5.41) is 13.2. The standard InChI is InChI=1S/C21H24FN3O3/c1-11-18-16(25(13-4-5-13)9-14(20(18)26)21(27)28)7-17(19(11)22)24-8-12-3-2-6-23-15(12)10-24/h7,9,12-13,15,23H,2-6,8,10H2,1H3,(H,27,28). The average Bonchev–Trinajstić information content (AvgIpc) is 3.42. The zero-order valence-electron chi connectivity index (χ0n) is 15.9. The Labute approximate surface area is 161 Å². The number of nitrogens with zero attached hydrogens (tertiary/aromatic N) is 2. The van der Waals surface area contributed by atoms with Crippen molar-refractivity contribution in [3.8, 4) is 0 Å². The normalized spacial score (nSPS) is 24.6. The summed E-state index contributed by atoms with van der Waals surface area (Å²) in [6.45, 7) is 4.16. The van der Waals surface area contributed by atoms with Gasteiger partial charge in [-0.3, -0.25) is 4.79 Å². The topological polar surface area (TPSA) is 74.6 Å². The summed E-state index contributed by atoms with van der Waals surface area (Å²) < 4.78 is 17.2. The molecule has 6 nitrogen and oxygen atoms in total. The molecular formula is C21H24FN3O3. The maximum Gasteiger partial charge on any atom is 0.341 e. The van der Waals surface area contributed by atoms with E-state index in [1.54, 1.807) is 13.0 Å². The number of hydrogen-bond donors (Lipinski definition) is 2. The van der Waals surface area contributed by atoms with Gasteiger partial charge in [-0.2, -0.15) is 0 Å². The minimum Gasteiger partial charge on any atom is -0.477 e. The molecule has 28 heavy (non-hydrogen) atoms. The van der Waals surface area contributed by atoms with E-state index in [4.69, 9.17) is 0 Å². The third-order valence-corrected chi connectivity index (χ3v) is 6.59. The third-order valence-electron chi connectivity index (χ3n) is 6.59. The third kappa shape index (κ3) is 2.64. The molecule has 2 aromatic rings. The first kappa shape index (κ1) is 17.7. The van der Waals surface area contributed by atoms with Gasteiger partial charge < -0.3 is 19.9 Å². The molecule has 2 saturated heterocycles. The van der Waals surface area contributed by atoms with Gasteiger partial charge in [-0.05, 0) is 51.1 Å². The molecule has 2 unspecified atom stereocenters. The Balaban J connectivity index is 1.69. The van der Waals surface area contributed by atoms with Gasteiger partial charge >= 0.3 is 5.97 Å². The number of rotatable bonds is 3. The van der Waals surface area contributed by atoms with Crippen LogP contribution in [0.3, 0.4) is 0 Å². The first-order valence-electron chi connectivity index (χ1n) is 10.0. The van der Waals surface area contributed by atoms with Gasteiger partial charge in [0.15, 0.2) is 0 Å². The Bertz CT molecular complexity index is 1030. The monoisotopic (exact) mass is 385 g/mol. The number of aryl methyl sites for hydroxylation is 1. The summed E-state index contributed by atoms with van der Waals surface area (Å²) in [5.74, 6) is -1.16. The highest BCUT2D eigenvalue weighted by molar-refractivity contribution is 5.95. The van der Waals surface area contributed by atoms with Crippen molar-refractivity contribution in [2.75, 3.05) is 24.5 Å². The van der Waals surface area contributed by atoms with Crippen molar-refractivity contribution in [2.24, 2.45) is 5.92 Å². The molecule has 0 spiro atoms. The Morgan fingerprint density at radius 2 is 2.07 bits per heavy atom. The van der Waals surface area contributed by atoms with E-state index in [9.17, 15) is 14.7 Å². The van der Waals surface area contributed by atoms with E-state index in [-0.39, 0.29) is 22.6 Å². The molecule has 1 aromatic carbocycles. The Kier molecular flexibility index (Phi) is 3.98. The molecule has 5 rings (SSSR count). The van der Waals surface area contributed by atoms with Crippen molar-refractivity contribution in [1.29, 1.82) is 0 Å². The van der Waals surface area contributed by atoms with E-state index >= 15 is 4.39 Å². The molecule has 7 heteroatoms. The van der Waals surface area contributed by atoms with E-state index in [1.165, 1.54) is 6.20 Å². The number of carboxylic acids is 1. The van der Waals surface area contributed by atoms with Crippen LogP contribution in [0.2, 0.25) is 0 Å². The number of carbonyl (C=O) groups is 1. The summed E-state index contributed by atoms with van der Waals surface area (Å²) in [5.41, 5.74) is 0.537. The number of carboxylic acid groups (broad SMARTS) is 1. The number of aromatic carboxylic acids is 1. The lowest BCUT2D eigenvalue weighted by molar-refractivity contribution is 0.0695. The molecule has 1 saturated carbocycles. The predicted octanol–water partition coefficient (Wildman–Crippen LogP) is 2.67. The molecular weight excluding hydrogens is 361 g/mol. The zero-order chi connectivity index (χ0) is 19.6. The molecule has 148 valence electrons. The second-order valence-electron chi connectivity index (χ2n) is 8.41. The number of aromatic nitrogens is 1. The van der Waals surface area contributed by atoms with Gasteiger partial charge in [-0.1, -0.05) is 0 Å². The van der Waals surface area contributed by atoms with Crippen LogP contribution in [0.25, 0.3) is 10.9 Å². The van der Waals surface area contributed by atoms with E-state index in [2.05, 4.69) is 10.2 Å². The summed E-state index contributed by atoms with van der Waals surface area (Å²) >= 11 is 0. The molecule has 3 aliphatic rings. The molecule has 3 heterocycles. The molecule has 1 aromatic heterocycles.